The summed E-state index contributed by atoms with van der Waals surface area (Å²) in [5, 5.41) is 10.8. The third kappa shape index (κ3) is 1.33. The summed E-state index contributed by atoms with van der Waals surface area (Å²) in [5.41, 5.74) is 0. The second-order valence-corrected chi connectivity index (χ2v) is 2.97. The summed E-state index contributed by atoms with van der Waals surface area (Å²) in [6.45, 7) is 4.29. The van der Waals surface area contributed by atoms with E-state index in [-0.39, 0.29) is 4.48 Å². The van der Waals surface area contributed by atoms with Crippen LogP contribution in [0.4, 0.5) is 4.79 Å². The Balaban J connectivity index is 2.82. The van der Waals surface area contributed by atoms with Crippen LogP contribution in [-0.2, 0) is 0 Å². The van der Waals surface area contributed by atoms with Crippen LogP contribution in [0.25, 0.3) is 0 Å². The lowest BCUT2D eigenvalue weighted by molar-refractivity contribution is -0.823. The fourth-order valence-corrected chi connectivity index (χ4v) is 1.28. The molecular formula is C8H12N2O2. The average molecular weight is 168 g/mol. The van der Waals surface area contributed by atoms with Gasteiger partial charge in [-0.1, -0.05) is 6.58 Å². The fraction of sp³-hybridized carbons (Fsp3) is 0.375. The molecule has 0 aromatic rings. The first-order valence-corrected chi connectivity index (χ1v) is 3.69. The molecule has 1 aliphatic heterocycles. The number of nitrogens with zero attached hydrogens (tertiary/aromatic N) is 2. The SMILES string of the molecule is C=CC[N+]1(C(=O)[O-])C=CN(C)C1. The Morgan fingerprint density at radius 1 is 1.92 bits per heavy atom. The highest BCUT2D eigenvalue weighted by molar-refractivity contribution is 5.55. The number of hydrogen-bond acceptors (Lipinski definition) is 3. The highest BCUT2D eigenvalue weighted by Crippen LogP contribution is 2.15. The second-order valence-electron chi connectivity index (χ2n) is 2.97. The normalized spacial score (nSPS) is 27.6. The van der Waals surface area contributed by atoms with Gasteiger partial charge in [0.1, 0.15) is 12.7 Å². The Morgan fingerprint density at radius 3 is 2.92 bits per heavy atom. The maximum Gasteiger partial charge on any atom is 0.264 e. The highest BCUT2D eigenvalue weighted by Gasteiger charge is 2.31. The standard InChI is InChI=1S/C8H12N2O2/c1-3-5-10(8(11)12)6-4-9(2)7-10/h3-4,6H,1,5,7H2,2H3. The van der Waals surface area contributed by atoms with Crippen LogP contribution in [0.2, 0.25) is 0 Å². The van der Waals surface area contributed by atoms with Crippen LogP contribution in [0.15, 0.2) is 25.1 Å². The molecule has 0 saturated heterocycles. The molecule has 0 fully saturated rings. The largest absolute Gasteiger partial charge is 0.498 e. The van der Waals surface area contributed by atoms with E-state index in [1.807, 2.05) is 7.05 Å². The van der Waals surface area contributed by atoms with Crippen molar-refractivity contribution in [1.82, 2.24) is 4.90 Å². The molecule has 66 valence electrons. The maximum atomic E-state index is 10.8. The zero-order valence-electron chi connectivity index (χ0n) is 7.06. The highest BCUT2D eigenvalue weighted by atomic mass is 16.4. The molecule has 1 amide bonds. The minimum atomic E-state index is -1.09. The number of carboxylic acid groups (broad SMARTS) is 1. The molecule has 1 aliphatic rings. The van der Waals surface area contributed by atoms with Crippen LogP contribution in [0.1, 0.15) is 0 Å². The lowest BCUT2D eigenvalue weighted by Gasteiger charge is -2.30. The summed E-state index contributed by atoms with van der Waals surface area (Å²) in [7, 11) is 1.82. The van der Waals surface area contributed by atoms with Gasteiger partial charge in [0.25, 0.3) is 6.09 Å². The summed E-state index contributed by atoms with van der Waals surface area (Å²) in [4.78, 5) is 12.6. The molecule has 1 heterocycles. The van der Waals surface area contributed by atoms with Gasteiger partial charge in [-0.05, 0) is 6.08 Å². The molecule has 1 atom stereocenters. The first kappa shape index (κ1) is 8.80. The van der Waals surface area contributed by atoms with Crippen molar-refractivity contribution in [1.29, 1.82) is 0 Å². The molecule has 0 aromatic carbocycles. The van der Waals surface area contributed by atoms with E-state index in [1.165, 1.54) is 0 Å². The van der Waals surface area contributed by atoms with E-state index in [4.69, 9.17) is 0 Å². The molecule has 4 heteroatoms. The predicted octanol–water partition coefficient (Wildman–Crippen LogP) is -0.293. The summed E-state index contributed by atoms with van der Waals surface area (Å²) >= 11 is 0. The quantitative estimate of drug-likeness (QED) is 0.420. The Bertz CT molecular complexity index is 237. The van der Waals surface area contributed by atoms with Gasteiger partial charge in [-0.3, -0.25) is 0 Å². The lowest BCUT2D eigenvalue weighted by atomic mass is 10.4. The second kappa shape index (κ2) is 2.98. The van der Waals surface area contributed by atoms with Crippen molar-refractivity contribution in [2.45, 2.75) is 0 Å². The number of quaternary nitrogens is 1. The summed E-state index contributed by atoms with van der Waals surface area (Å²) in [5.74, 6) is 0. The van der Waals surface area contributed by atoms with E-state index in [0.29, 0.717) is 13.2 Å². The summed E-state index contributed by atoms with van der Waals surface area (Å²) in [6, 6.07) is 0. The van der Waals surface area contributed by atoms with Gasteiger partial charge in [0.05, 0.1) is 6.20 Å². The molecule has 4 nitrogen and oxygen atoms in total. The zero-order chi connectivity index (χ0) is 9.19. The molecule has 12 heavy (non-hydrogen) atoms. The fourth-order valence-electron chi connectivity index (χ4n) is 1.28. The maximum absolute atomic E-state index is 10.8. The van der Waals surface area contributed by atoms with Crippen molar-refractivity contribution < 1.29 is 14.4 Å². The predicted molar refractivity (Wildman–Crippen MR) is 42.5 cm³/mol. The Morgan fingerprint density at radius 2 is 2.58 bits per heavy atom. The minimum absolute atomic E-state index is 0.181. The van der Waals surface area contributed by atoms with Crippen LogP contribution < -0.4 is 5.11 Å². The number of rotatable bonds is 2. The van der Waals surface area contributed by atoms with Crippen LogP contribution in [-0.4, -0.2) is 35.7 Å². The van der Waals surface area contributed by atoms with E-state index < -0.39 is 6.09 Å². The number of carbonyl (C=O) groups excluding carboxylic acids is 1. The molecule has 1 unspecified atom stereocenters. The smallest absolute Gasteiger partial charge is 0.264 e. The van der Waals surface area contributed by atoms with E-state index in [2.05, 4.69) is 6.58 Å². The number of amides is 1. The lowest BCUT2D eigenvalue weighted by Crippen LogP contribution is -2.55. The molecule has 0 bridgehead atoms. The van der Waals surface area contributed by atoms with E-state index >= 15 is 0 Å². The van der Waals surface area contributed by atoms with Crippen molar-refractivity contribution in [3.8, 4) is 0 Å². The molecular weight excluding hydrogens is 156 g/mol. The zero-order valence-corrected chi connectivity index (χ0v) is 7.06. The van der Waals surface area contributed by atoms with Crippen molar-refractivity contribution >= 4 is 6.09 Å². The molecule has 0 radical (unpaired) electrons. The van der Waals surface area contributed by atoms with Crippen LogP contribution in [0.5, 0.6) is 0 Å². The van der Waals surface area contributed by atoms with Gasteiger partial charge in [0, 0.05) is 7.05 Å². The summed E-state index contributed by atoms with van der Waals surface area (Å²) < 4.78 is -0.181. The number of hydrogen-bond donors (Lipinski definition) is 0. The number of carbonyl (C=O) groups is 1. The first-order chi connectivity index (χ1) is 5.60. The third-order valence-corrected chi connectivity index (χ3v) is 1.90. The van der Waals surface area contributed by atoms with Crippen molar-refractivity contribution in [3.63, 3.8) is 0 Å². The molecule has 0 aliphatic carbocycles. The van der Waals surface area contributed by atoms with Gasteiger partial charge >= 0.3 is 0 Å². The van der Waals surface area contributed by atoms with Crippen LogP contribution in [0, 0.1) is 0 Å². The van der Waals surface area contributed by atoms with Crippen LogP contribution in [0.3, 0.4) is 0 Å². The first-order valence-electron chi connectivity index (χ1n) is 3.69. The molecule has 1 rings (SSSR count). The van der Waals surface area contributed by atoms with Crippen molar-refractivity contribution in [2.75, 3.05) is 20.3 Å². The topological polar surface area (TPSA) is 43.4 Å². The summed E-state index contributed by atoms with van der Waals surface area (Å²) in [6.07, 6.45) is 3.84. The Kier molecular flexibility index (Phi) is 2.19. The van der Waals surface area contributed by atoms with Crippen molar-refractivity contribution in [2.24, 2.45) is 0 Å². The van der Waals surface area contributed by atoms with E-state index in [0.717, 1.165) is 0 Å². The van der Waals surface area contributed by atoms with E-state index in [9.17, 15) is 9.90 Å². The molecule has 0 saturated carbocycles. The van der Waals surface area contributed by atoms with Gasteiger partial charge in [0.15, 0.2) is 6.67 Å². The Labute approximate surface area is 71.6 Å². The monoisotopic (exact) mass is 168 g/mol. The van der Waals surface area contributed by atoms with Gasteiger partial charge in [-0.15, -0.1) is 0 Å². The average Bonchev–Trinajstić information content (AvgIpc) is 2.34. The van der Waals surface area contributed by atoms with E-state index in [1.54, 1.807) is 23.4 Å². The Hall–Kier alpha value is -1.29. The van der Waals surface area contributed by atoms with Gasteiger partial charge < -0.3 is 14.8 Å². The molecule has 0 aromatic heterocycles. The van der Waals surface area contributed by atoms with Gasteiger partial charge in [0.2, 0.25) is 0 Å². The van der Waals surface area contributed by atoms with Gasteiger partial charge in [-0.2, -0.15) is 0 Å². The molecule has 0 spiro atoms. The van der Waals surface area contributed by atoms with Gasteiger partial charge in [-0.25, -0.2) is 4.48 Å². The minimum Gasteiger partial charge on any atom is -0.498 e. The third-order valence-electron chi connectivity index (χ3n) is 1.90. The van der Waals surface area contributed by atoms with Crippen molar-refractivity contribution in [3.05, 3.63) is 25.1 Å². The van der Waals surface area contributed by atoms with Crippen LogP contribution >= 0.6 is 0 Å². The molecule has 0 N–H and O–H groups in total.